The molecule has 2 aromatic carbocycles. The summed E-state index contributed by atoms with van der Waals surface area (Å²) >= 11 is 3.55. The first kappa shape index (κ1) is 32.6. The maximum atomic E-state index is 12.3. The van der Waals surface area contributed by atoms with E-state index in [9.17, 15) is 22.8 Å². The Balaban J connectivity index is 0.000000708. The normalized spacial score (nSPS) is 14.2. The van der Waals surface area contributed by atoms with E-state index in [0.717, 1.165) is 41.8 Å². The molecular weight excluding hydrogens is 601 g/mol. The Kier molecular flexibility index (Phi) is 12.4. The number of amides is 2. The summed E-state index contributed by atoms with van der Waals surface area (Å²) in [4.78, 5) is 33.4. The van der Waals surface area contributed by atoms with E-state index in [0.29, 0.717) is 23.8 Å². The fourth-order valence-electron chi connectivity index (χ4n) is 3.48. The third-order valence-electron chi connectivity index (χ3n) is 5.69. The van der Waals surface area contributed by atoms with E-state index in [1.54, 1.807) is 24.3 Å². The minimum atomic E-state index is -5.08. The van der Waals surface area contributed by atoms with Gasteiger partial charge in [0.2, 0.25) is 11.8 Å². The van der Waals surface area contributed by atoms with Crippen molar-refractivity contribution in [1.29, 1.82) is 5.41 Å². The van der Waals surface area contributed by atoms with Gasteiger partial charge in [0.15, 0.2) is 0 Å². The van der Waals surface area contributed by atoms with Crippen molar-refractivity contribution in [2.75, 3.05) is 25.1 Å². The first-order valence-corrected chi connectivity index (χ1v) is 12.9. The number of carbonyl (C=O) groups is 3. The van der Waals surface area contributed by atoms with Gasteiger partial charge in [0, 0.05) is 24.5 Å². The molecule has 6 N–H and O–H groups in total. The van der Waals surface area contributed by atoms with E-state index in [-0.39, 0.29) is 24.2 Å². The molecule has 14 heteroatoms. The molecule has 0 radical (unpaired) electrons. The van der Waals surface area contributed by atoms with Gasteiger partial charge in [-0.3, -0.25) is 15.0 Å². The van der Waals surface area contributed by atoms with Crippen LogP contribution in [-0.4, -0.2) is 54.7 Å². The Morgan fingerprint density at radius 2 is 1.75 bits per heavy atom. The summed E-state index contributed by atoms with van der Waals surface area (Å²) in [5.74, 6) is -2.34. The number of halogens is 4. The highest BCUT2D eigenvalue weighted by atomic mass is 79.9. The summed E-state index contributed by atoms with van der Waals surface area (Å²) in [5.41, 5.74) is 7.41. The Morgan fingerprint density at radius 1 is 1.15 bits per heavy atom. The van der Waals surface area contributed by atoms with Gasteiger partial charge in [0.25, 0.3) is 0 Å². The molecule has 1 unspecified atom stereocenters. The highest BCUT2D eigenvalue weighted by Crippen LogP contribution is 2.29. The predicted molar refractivity (Wildman–Crippen MR) is 144 cm³/mol. The lowest BCUT2D eigenvalue weighted by atomic mass is 10.0. The van der Waals surface area contributed by atoms with Gasteiger partial charge in [0.1, 0.15) is 18.0 Å². The molecule has 0 spiro atoms. The number of rotatable bonds is 9. The molecule has 2 amide bonds. The van der Waals surface area contributed by atoms with Crippen molar-refractivity contribution in [2.24, 2.45) is 11.7 Å². The van der Waals surface area contributed by atoms with Gasteiger partial charge in [-0.25, -0.2) is 4.79 Å². The molecule has 40 heavy (non-hydrogen) atoms. The van der Waals surface area contributed by atoms with Crippen molar-refractivity contribution in [3.05, 3.63) is 58.1 Å². The molecule has 0 saturated carbocycles. The molecule has 3 rings (SSSR count). The molecule has 1 atom stereocenters. The van der Waals surface area contributed by atoms with Crippen molar-refractivity contribution in [1.82, 2.24) is 5.32 Å². The van der Waals surface area contributed by atoms with E-state index in [4.69, 9.17) is 30.5 Å². The lowest BCUT2D eigenvalue weighted by Crippen LogP contribution is -2.30. The van der Waals surface area contributed by atoms with Crippen molar-refractivity contribution < 1.29 is 42.1 Å². The zero-order valence-corrected chi connectivity index (χ0v) is 23.1. The number of carbonyl (C=O) groups excluding carboxylic acids is 2. The number of carboxylic acids is 1. The van der Waals surface area contributed by atoms with Crippen LogP contribution in [0.1, 0.15) is 43.4 Å². The van der Waals surface area contributed by atoms with Gasteiger partial charge < -0.3 is 30.9 Å². The lowest BCUT2D eigenvalue weighted by Gasteiger charge is -2.22. The van der Waals surface area contributed by atoms with Crippen LogP contribution in [0.15, 0.2) is 46.9 Å². The van der Waals surface area contributed by atoms with E-state index in [1.165, 1.54) is 0 Å². The quantitative estimate of drug-likeness (QED) is 0.156. The number of nitrogens with two attached hydrogens (primary N) is 1. The second-order valence-corrected chi connectivity index (χ2v) is 9.72. The van der Waals surface area contributed by atoms with Crippen LogP contribution in [0.2, 0.25) is 0 Å². The van der Waals surface area contributed by atoms with E-state index in [1.807, 2.05) is 25.1 Å². The average molecular weight is 631 g/mol. The number of carboxylic acid groups (broad SMARTS) is 1. The van der Waals surface area contributed by atoms with Crippen LogP contribution in [0, 0.1) is 11.3 Å². The third kappa shape index (κ3) is 11.2. The number of hydrogen-bond donors (Lipinski definition) is 5. The highest BCUT2D eigenvalue weighted by molar-refractivity contribution is 9.10. The number of alkyl halides is 3. The smallest absolute Gasteiger partial charge is 0.490 e. The molecule has 2 aromatic rings. The monoisotopic (exact) mass is 630 g/mol. The van der Waals surface area contributed by atoms with Crippen molar-refractivity contribution in [3.63, 3.8) is 0 Å². The molecule has 0 aliphatic carbocycles. The number of anilines is 1. The van der Waals surface area contributed by atoms with Crippen molar-refractivity contribution in [2.45, 2.75) is 38.4 Å². The summed E-state index contributed by atoms with van der Waals surface area (Å²) in [6, 6.07) is 12.0. The van der Waals surface area contributed by atoms with Gasteiger partial charge in [-0.2, -0.15) is 13.2 Å². The van der Waals surface area contributed by atoms with Gasteiger partial charge in [-0.1, -0.05) is 6.07 Å². The zero-order valence-electron chi connectivity index (χ0n) is 21.5. The Bertz CT molecular complexity index is 1190. The van der Waals surface area contributed by atoms with Crippen LogP contribution in [0.25, 0.3) is 0 Å². The molecule has 1 heterocycles. The van der Waals surface area contributed by atoms with Crippen LogP contribution < -0.4 is 21.1 Å². The fourth-order valence-corrected chi connectivity index (χ4v) is 4.00. The molecule has 0 bridgehead atoms. The standard InChI is InChI=1S/C24H29BrN4O4.C2HF3O2/c1-15(18-4-7-21(20(25)12-18)33-14-16-8-10-32-11-9-16)28-22(30)13-23(31)29-19-5-2-17(3-6-19)24(26)27;3-2(4,5)1(6)7/h2-7,12,15-16H,8-11,13-14H2,1H3,(H3,26,27)(H,28,30)(H,29,31);(H,6,7). The topological polar surface area (TPSA) is 164 Å². The minimum absolute atomic E-state index is 0.0493. The lowest BCUT2D eigenvalue weighted by molar-refractivity contribution is -0.192. The van der Waals surface area contributed by atoms with Crippen LogP contribution in [0.3, 0.4) is 0 Å². The maximum absolute atomic E-state index is 12.3. The number of nitrogen functional groups attached to an aromatic ring is 1. The summed E-state index contributed by atoms with van der Waals surface area (Å²) in [6.45, 7) is 4.09. The van der Waals surface area contributed by atoms with Gasteiger partial charge in [0.05, 0.1) is 17.1 Å². The minimum Gasteiger partial charge on any atom is -0.492 e. The van der Waals surface area contributed by atoms with Crippen LogP contribution in [0.4, 0.5) is 18.9 Å². The summed E-state index contributed by atoms with van der Waals surface area (Å²) in [7, 11) is 0. The third-order valence-corrected chi connectivity index (χ3v) is 6.31. The van der Waals surface area contributed by atoms with Crippen molar-refractivity contribution >= 4 is 45.2 Å². The number of benzene rings is 2. The zero-order chi connectivity index (χ0) is 29.9. The van der Waals surface area contributed by atoms with E-state index in [2.05, 4.69) is 26.6 Å². The average Bonchev–Trinajstić information content (AvgIpc) is 2.88. The van der Waals surface area contributed by atoms with Gasteiger partial charge >= 0.3 is 12.1 Å². The molecule has 10 nitrogen and oxygen atoms in total. The Labute approximate surface area is 237 Å². The number of amidine groups is 1. The fraction of sp³-hybridized carbons (Fsp3) is 0.385. The first-order chi connectivity index (χ1) is 18.8. The van der Waals surface area contributed by atoms with Gasteiger partial charge in [-0.15, -0.1) is 0 Å². The molecule has 1 saturated heterocycles. The summed E-state index contributed by atoms with van der Waals surface area (Å²) in [5, 5.41) is 20.0. The largest absolute Gasteiger partial charge is 0.492 e. The molecule has 1 fully saturated rings. The number of nitrogens with one attached hydrogen (secondary N) is 3. The Morgan fingerprint density at radius 3 is 2.27 bits per heavy atom. The molecule has 0 aromatic heterocycles. The number of hydrogen-bond acceptors (Lipinski definition) is 6. The van der Waals surface area contributed by atoms with E-state index < -0.39 is 18.1 Å². The first-order valence-electron chi connectivity index (χ1n) is 12.1. The van der Waals surface area contributed by atoms with E-state index >= 15 is 0 Å². The number of ether oxygens (including phenoxy) is 2. The molecule has 1 aliphatic heterocycles. The maximum Gasteiger partial charge on any atom is 0.490 e. The second kappa shape index (κ2) is 15.2. The predicted octanol–water partition coefficient (Wildman–Crippen LogP) is 4.38. The second-order valence-electron chi connectivity index (χ2n) is 8.86. The summed E-state index contributed by atoms with van der Waals surface area (Å²) in [6.07, 6.45) is -3.36. The van der Waals surface area contributed by atoms with Crippen LogP contribution in [-0.2, 0) is 19.1 Å². The van der Waals surface area contributed by atoms with Crippen molar-refractivity contribution in [3.8, 4) is 5.75 Å². The van der Waals surface area contributed by atoms with Crippen LogP contribution >= 0.6 is 15.9 Å². The number of aliphatic carboxylic acids is 1. The van der Waals surface area contributed by atoms with Gasteiger partial charge in [-0.05, 0) is 83.6 Å². The highest BCUT2D eigenvalue weighted by Gasteiger charge is 2.38. The van der Waals surface area contributed by atoms with Crippen LogP contribution in [0.5, 0.6) is 5.75 Å². The molecule has 1 aliphatic rings. The molecule has 218 valence electrons. The SMILES string of the molecule is CC(NC(=O)CC(=O)Nc1ccc(C(=N)N)cc1)c1ccc(OCC2CCOCC2)c(Br)c1.O=C(O)C(F)(F)F. The molecular formula is C26H30BrF3N4O6. The Hall–Kier alpha value is -3.65. The summed E-state index contributed by atoms with van der Waals surface area (Å²) < 4.78 is 43.9.